The first kappa shape index (κ1) is 19.6. The Morgan fingerprint density at radius 2 is 0.943 bits per heavy atom. The highest BCUT2D eigenvalue weighted by molar-refractivity contribution is 6.31. The van der Waals surface area contributed by atoms with E-state index >= 15 is 0 Å². The Morgan fingerprint density at radius 3 is 1.71 bits per heavy atom. The average Bonchev–Trinajstić information content (AvgIpc) is 2.90. The van der Waals surface area contributed by atoms with Crippen LogP contribution in [0.5, 0.6) is 0 Å². The Bertz CT molecular complexity index is 1780. The molecule has 0 saturated carbocycles. The van der Waals surface area contributed by atoms with Crippen molar-refractivity contribution in [1.29, 1.82) is 0 Å². The maximum absolute atomic E-state index is 13.5. The number of benzene rings is 5. The first-order valence-electron chi connectivity index (χ1n) is 11.4. The van der Waals surface area contributed by atoms with E-state index in [2.05, 4.69) is 5.32 Å². The average molecular weight is 451 g/mol. The molecule has 2 aliphatic carbocycles. The molecule has 0 aromatic heterocycles. The van der Waals surface area contributed by atoms with Crippen LogP contribution in [-0.4, -0.2) is 17.3 Å². The van der Waals surface area contributed by atoms with Crippen LogP contribution in [0.1, 0.15) is 47.8 Å². The number of hydrogen-bond donors (Lipinski definition) is 1. The van der Waals surface area contributed by atoms with Gasteiger partial charge in [-0.2, -0.15) is 0 Å². The standard InChI is InChI=1S/C31H17NO3/c33-29-19-9-2-1-8-18(19)27-25(16-15-17-7-5-12-22(29)26(17)27)32-24-14-6-13-23-28(24)31(35)21-11-4-3-10-20(21)30(23)34/h1-16,32H. The summed E-state index contributed by atoms with van der Waals surface area (Å²) in [6.07, 6.45) is 0. The van der Waals surface area contributed by atoms with E-state index in [1.54, 1.807) is 36.4 Å². The lowest BCUT2D eigenvalue weighted by Crippen LogP contribution is -2.22. The molecule has 0 heterocycles. The highest BCUT2D eigenvalue weighted by atomic mass is 16.1. The summed E-state index contributed by atoms with van der Waals surface area (Å²) in [6, 6.07) is 29.5. The first-order valence-corrected chi connectivity index (χ1v) is 11.4. The number of ketones is 3. The van der Waals surface area contributed by atoms with Crippen LogP contribution in [0.4, 0.5) is 11.4 Å². The molecule has 2 aliphatic rings. The molecule has 0 bridgehead atoms. The molecule has 0 aliphatic heterocycles. The monoisotopic (exact) mass is 451 g/mol. The molecular formula is C31H17NO3. The molecule has 7 rings (SSSR count). The van der Waals surface area contributed by atoms with Gasteiger partial charge in [-0.05, 0) is 23.1 Å². The summed E-state index contributed by atoms with van der Waals surface area (Å²) in [6.45, 7) is 0. The molecule has 35 heavy (non-hydrogen) atoms. The summed E-state index contributed by atoms with van der Waals surface area (Å²) in [4.78, 5) is 39.9. The number of carbonyl (C=O) groups excluding carboxylic acids is 3. The molecule has 0 amide bonds. The van der Waals surface area contributed by atoms with Crippen LogP contribution in [0, 0.1) is 0 Å². The Kier molecular flexibility index (Phi) is 3.97. The van der Waals surface area contributed by atoms with E-state index in [0.717, 1.165) is 27.6 Å². The number of hydrogen-bond acceptors (Lipinski definition) is 4. The van der Waals surface area contributed by atoms with Gasteiger partial charge in [-0.15, -0.1) is 0 Å². The predicted molar refractivity (Wildman–Crippen MR) is 136 cm³/mol. The van der Waals surface area contributed by atoms with Crippen molar-refractivity contribution in [3.8, 4) is 11.1 Å². The quantitative estimate of drug-likeness (QED) is 0.323. The summed E-state index contributed by atoms with van der Waals surface area (Å²) in [5, 5.41) is 5.32. The Balaban J connectivity index is 1.46. The smallest absolute Gasteiger partial charge is 0.196 e. The highest BCUT2D eigenvalue weighted by Gasteiger charge is 2.32. The number of rotatable bonds is 2. The van der Waals surface area contributed by atoms with Crippen LogP contribution in [0.15, 0.2) is 97.1 Å². The minimum absolute atomic E-state index is 0.00493. The lowest BCUT2D eigenvalue weighted by Gasteiger charge is -2.25. The molecule has 4 heteroatoms. The van der Waals surface area contributed by atoms with Crippen molar-refractivity contribution in [2.24, 2.45) is 0 Å². The van der Waals surface area contributed by atoms with Gasteiger partial charge in [0, 0.05) is 44.5 Å². The second kappa shape index (κ2) is 7.08. The van der Waals surface area contributed by atoms with Gasteiger partial charge in [0.05, 0.1) is 11.3 Å². The lowest BCUT2D eigenvalue weighted by atomic mass is 9.81. The fourth-order valence-corrected chi connectivity index (χ4v) is 5.39. The van der Waals surface area contributed by atoms with Gasteiger partial charge >= 0.3 is 0 Å². The first-order chi connectivity index (χ1) is 17.1. The van der Waals surface area contributed by atoms with Crippen LogP contribution in [0.3, 0.4) is 0 Å². The molecule has 0 saturated heterocycles. The minimum atomic E-state index is -0.177. The van der Waals surface area contributed by atoms with E-state index in [1.807, 2.05) is 60.7 Å². The third kappa shape index (κ3) is 2.65. The molecule has 0 fully saturated rings. The zero-order valence-electron chi connectivity index (χ0n) is 18.5. The molecule has 0 radical (unpaired) electrons. The SMILES string of the molecule is O=C1c2ccccc2C(=O)c2c(Nc3ccc4cccc5c4c3-c3ccccc3C5=O)cccc21. The van der Waals surface area contributed by atoms with Crippen molar-refractivity contribution in [3.05, 3.63) is 130 Å². The van der Waals surface area contributed by atoms with Crippen LogP contribution < -0.4 is 5.32 Å². The lowest BCUT2D eigenvalue weighted by molar-refractivity contribution is 0.0979. The van der Waals surface area contributed by atoms with Crippen molar-refractivity contribution in [3.63, 3.8) is 0 Å². The minimum Gasteiger partial charge on any atom is -0.354 e. The van der Waals surface area contributed by atoms with Crippen molar-refractivity contribution in [1.82, 2.24) is 0 Å². The van der Waals surface area contributed by atoms with Gasteiger partial charge < -0.3 is 5.32 Å². The van der Waals surface area contributed by atoms with Crippen LogP contribution >= 0.6 is 0 Å². The van der Waals surface area contributed by atoms with E-state index < -0.39 is 0 Å². The van der Waals surface area contributed by atoms with Crippen molar-refractivity contribution in [2.75, 3.05) is 5.32 Å². The van der Waals surface area contributed by atoms with E-state index in [1.165, 1.54) is 0 Å². The largest absolute Gasteiger partial charge is 0.354 e. The van der Waals surface area contributed by atoms with Gasteiger partial charge in [-0.3, -0.25) is 14.4 Å². The van der Waals surface area contributed by atoms with Gasteiger partial charge in [-0.25, -0.2) is 0 Å². The van der Waals surface area contributed by atoms with E-state index in [0.29, 0.717) is 39.1 Å². The van der Waals surface area contributed by atoms with Crippen LogP contribution in [0.2, 0.25) is 0 Å². The Hall–Kier alpha value is -4.83. The summed E-state index contributed by atoms with van der Waals surface area (Å²) in [7, 11) is 0. The highest BCUT2D eigenvalue weighted by Crippen LogP contribution is 2.45. The van der Waals surface area contributed by atoms with Crippen molar-refractivity contribution < 1.29 is 14.4 Å². The molecular weight excluding hydrogens is 434 g/mol. The second-order valence-corrected chi connectivity index (χ2v) is 8.82. The third-order valence-corrected chi connectivity index (χ3v) is 6.95. The van der Waals surface area contributed by atoms with Gasteiger partial charge in [0.1, 0.15) is 0 Å². The summed E-state index contributed by atoms with van der Waals surface area (Å²) >= 11 is 0. The molecule has 5 aromatic carbocycles. The summed E-state index contributed by atoms with van der Waals surface area (Å²) < 4.78 is 0. The van der Waals surface area contributed by atoms with Gasteiger partial charge in [0.2, 0.25) is 0 Å². The predicted octanol–water partition coefficient (Wildman–Crippen LogP) is 6.57. The maximum atomic E-state index is 13.5. The number of anilines is 2. The molecule has 5 aromatic rings. The fourth-order valence-electron chi connectivity index (χ4n) is 5.39. The normalized spacial score (nSPS) is 13.3. The van der Waals surface area contributed by atoms with Crippen LogP contribution in [-0.2, 0) is 0 Å². The molecule has 0 unspecified atom stereocenters. The van der Waals surface area contributed by atoms with Crippen molar-refractivity contribution in [2.45, 2.75) is 0 Å². The molecule has 0 spiro atoms. The van der Waals surface area contributed by atoms with E-state index in [-0.39, 0.29) is 17.3 Å². The van der Waals surface area contributed by atoms with E-state index in [4.69, 9.17) is 0 Å². The summed E-state index contributed by atoms with van der Waals surface area (Å²) in [5.41, 5.74) is 6.03. The van der Waals surface area contributed by atoms with Gasteiger partial charge in [0.25, 0.3) is 0 Å². The molecule has 164 valence electrons. The molecule has 1 N–H and O–H groups in total. The number of fused-ring (bicyclic) bond motifs is 4. The van der Waals surface area contributed by atoms with E-state index in [9.17, 15) is 14.4 Å². The Labute approximate surface area is 200 Å². The molecule has 4 nitrogen and oxygen atoms in total. The second-order valence-electron chi connectivity index (χ2n) is 8.82. The van der Waals surface area contributed by atoms with Crippen molar-refractivity contribution >= 4 is 39.5 Å². The van der Waals surface area contributed by atoms with Gasteiger partial charge in [0.15, 0.2) is 17.3 Å². The zero-order chi connectivity index (χ0) is 23.7. The third-order valence-electron chi connectivity index (χ3n) is 6.95. The maximum Gasteiger partial charge on any atom is 0.196 e. The Morgan fingerprint density at radius 1 is 0.400 bits per heavy atom. The molecule has 0 atom stereocenters. The topological polar surface area (TPSA) is 63.2 Å². The van der Waals surface area contributed by atoms with Crippen LogP contribution in [0.25, 0.3) is 21.9 Å². The summed E-state index contributed by atoms with van der Waals surface area (Å²) in [5.74, 6) is -0.328. The zero-order valence-corrected chi connectivity index (χ0v) is 18.5. The fraction of sp³-hybridized carbons (Fsp3) is 0. The number of nitrogens with one attached hydrogen (secondary N) is 1. The number of carbonyl (C=O) groups is 3. The van der Waals surface area contributed by atoms with Gasteiger partial charge in [-0.1, -0.05) is 84.9 Å².